The van der Waals surface area contributed by atoms with Crippen molar-refractivity contribution in [3.8, 4) is 0 Å². The van der Waals surface area contributed by atoms with Crippen LogP contribution in [0, 0.1) is 0 Å². The third kappa shape index (κ3) is 8.33. The Morgan fingerprint density at radius 3 is 2.54 bits per heavy atom. The van der Waals surface area contributed by atoms with Gasteiger partial charge in [0.05, 0.1) is 18.8 Å². The molecular weight excluding hydrogens is 413 g/mol. The highest BCUT2D eigenvalue weighted by molar-refractivity contribution is 14.0. The maximum Gasteiger partial charge on any atom is 0.189 e. The second-order valence-electron chi connectivity index (χ2n) is 7.40. The minimum Gasteiger partial charge on any atom is -0.371 e. The van der Waals surface area contributed by atoms with Crippen LogP contribution >= 0.6 is 24.0 Å². The zero-order valence-electron chi connectivity index (χ0n) is 15.2. The van der Waals surface area contributed by atoms with Crippen LogP contribution in [0.2, 0.25) is 0 Å². The molecule has 0 spiro atoms. The normalized spacial score (nSPS) is 16.5. The van der Waals surface area contributed by atoms with Crippen molar-refractivity contribution in [2.75, 3.05) is 0 Å². The van der Waals surface area contributed by atoms with Gasteiger partial charge in [-0.2, -0.15) is 0 Å². The van der Waals surface area contributed by atoms with Gasteiger partial charge in [0.25, 0.3) is 0 Å². The van der Waals surface area contributed by atoms with Gasteiger partial charge in [0.15, 0.2) is 5.96 Å². The number of benzene rings is 1. The summed E-state index contributed by atoms with van der Waals surface area (Å²) in [6, 6.07) is 8.86. The molecule has 1 fully saturated rings. The van der Waals surface area contributed by atoms with Gasteiger partial charge in [-0.15, -0.1) is 24.0 Å². The second-order valence-corrected chi connectivity index (χ2v) is 7.40. The summed E-state index contributed by atoms with van der Waals surface area (Å²) in [6.45, 7) is 7.43. The van der Waals surface area contributed by atoms with Gasteiger partial charge in [0.2, 0.25) is 0 Å². The summed E-state index contributed by atoms with van der Waals surface area (Å²) < 4.78 is 5.82. The average Bonchev–Trinajstić information content (AvgIpc) is 2.52. The Kier molecular flexibility index (Phi) is 9.05. The van der Waals surface area contributed by atoms with E-state index < -0.39 is 0 Å². The highest BCUT2D eigenvalue weighted by Gasteiger charge is 2.13. The number of nitrogens with two attached hydrogens (primary N) is 1. The summed E-state index contributed by atoms with van der Waals surface area (Å²) in [4.78, 5) is 4.48. The fourth-order valence-corrected chi connectivity index (χ4v) is 2.80. The predicted octanol–water partition coefficient (Wildman–Crippen LogP) is 4.36. The van der Waals surface area contributed by atoms with E-state index in [1.165, 1.54) is 37.7 Å². The summed E-state index contributed by atoms with van der Waals surface area (Å²) in [7, 11) is 0. The molecule has 1 saturated carbocycles. The molecule has 0 aliphatic heterocycles. The fourth-order valence-electron chi connectivity index (χ4n) is 2.80. The van der Waals surface area contributed by atoms with E-state index in [4.69, 9.17) is 10.5 Å². The number of aliphatic imine (C=N–C) groups is 1. The van der Waals surface area contributed by atoms with E-state index in [0.717, 1.165) is 5.56 Å². The molecule has 24 heavy (non-hydrogen) atoms. The molecule has 1 aromatic carbocycles. The summed E-state index contributed by atoms with van der Waals surface area (Å²) in [5, 5.41) is 3.35. The number of nitrogens with one attached hydrogen (secondary N) is 1. The van der Waals surface area contributed by atoms with Crippen molar-refractivity contribution in [2.24, 2.45) is 10.7 Å². The van der Waals surface area contributed by atoms with E-state index in [1.807, 2.05) is 0 Å². The van der Waals surface area contributed by atoms with E-state index >= 15 is 0 Å². The van der Waals surface area contributed by atoms with Gasteiger partial charge in [-0.25, -0.2) is 4.99 Å². The Bertz CT molecular complexity index is 520. The summed E-state index contributed by atoms with van der Waals surface area (Å²) in [5.41, 5.74) is 8.23. The lowest BCUT2D eigenvalue weighted by molar-refractivity contribution is -0.0149. The first kappa shape index (κ1) is 21.2. The van der Waals surface area contributed by atoms with E-state index in [0.29, 0.717) is 25.2 Å². The zero-order valence-corrected chi connectivity index (χ0v) is 17.5. The van der Waals surface area contributed by atoms with Crippen LogP contribution in [0.1, 0.15) is 64.0 Å². The lowest BCUT2D eigenvalue weighted by Crippen LogP contribution is -2.41. The third-order valence-electron chi connectivity index (χ3n) is 4.05. The largest absolute Gasteiger partial charge is 0.371 e. The molecule has 0 bridgehead atoms. The summed E-state index contributed by atoms with van der Waals surface area (Å²) in [6.07, 6.45) is 6.34. The summed E-state index contributed by atoms with van der Waals surface area (Å²) in [5.74, 6) is 0.563. The van der Waals surface area contributed by atoms with Crippen LogP contribution in [0.15, 0.2) is 29.3 Å². The van der Waals surface area contributed by atoms with Gasteiger partial charge in [-0.3, -0.25) is 0 Å². The molecule has 5 heteroatoms. The molecule has 2 rings (SSSR count). The first-order valence-corrected chi connectivity index (χ1v) is 8.70. The number of ether oxygens (including phenoxy) is 1. The van der Waals surface area contributed by atoms with Crippen LogP contribution in [-0.2, 0) is 17.9 Å². The van der Waals surface area contributed by atoms with Gasteiger partial charge in [0.1, 0.15) is 0 Å². The minimum atomic E-state index is -0.123. The lowest BCUT2D eigenvalue weighted by Gasteiger charge is -2.23. The van der Waals surface area contributed by atoms with E-state index in [9.17, 15) is 0 Å². The Hall–Kier alpha value is -0.820. The molecule has 0 heterocycles. The molecule has 0 radical (unpaired) electrons. The number of hydrogen-bond donors (Lipinski definition) is 2. The molecule has 4 nitrogen and oxygen atoms in total. The van der Waals surface area contributed by atoms with Crippen LogP contribution in [0.4, 0.5) is 0 Å². The van der Waals surface area contributed by atoms with Crippen molar-refractivity contribution >= 4 is 29.9 Å². The van der Waals surface area contributed by atoms with Crippen molar-refractivity contribution < 1.29 is 4.74 Å². The van der Waals surface area contributed by atoms with Crippen LogP contribution in [-0.4, -0.2) is 17.6 Å². The van der Waals surface area contributed by atoms with Crippen molar-refractivity contribution in [1.82, 2.24) is 5.32 Å². The van der Waals surface area contributed by atoms with Gasteiger partial charge >= 0.3 is 0 Å². The SMILES string of the molecule is CC(C)(C)OCc1cccc(CN=C(N)NC2CCCCC2)c1.I. The second kappa shape index (κ2) is 10.2. The van der Waals surface area contributed by atoms with Gasteiger partial charge in [-0.05, 0) is 44.7 Å². The number of nitrogens with zero attached hydrogens (tertiary/aromatic N) is 1. The number of rotatable bonds is 5. The summed E-state index contributed by atoms with van der Waals surface area (Å²) >= 11 is 0. The van der Waals surface area contributed by atoms with Crippen LogP contribution in [0.5, 0.6) is 0 Å². The molecular formula is C19H32IN3O. The Morgan fingerprint density at radius 2 is 1.88 bits per heavy atom. The van der Waals surface area contributed by atoms with Crippen molar-refractivity contribution in [1.29, 1.82) is 0 Å². The standard InChI is InChI=1S/C19H31N3O.HI/c1-19(2,3)23-14-16-9-7-8-15(12-16)13-21-18(20)22-17-10-5-4-6-11-17;/h7-9,12,17H,4-6,10-11,13-14H2,1-3H3,(H3,20,21,22);1H. The molecule has 136 valence electrons. The molecule has 0 amide bonds. The van der Waals surface area contributed by atoms with E-state index in [-0.39, 0.29) is 29.6 Å². The maximum atomic E-state index is 6.02. The molecule has 0 aromatic heterocycles. The van der Waals surface area contributed by atoms with Gasteiger partial charge in [0, 0.05) is 6.04 Å². The smallest absolute Gasteiger partial charge is 0.189 e. The van der Waals surface area contributed by atoms with Crippen LogP contribution < -0.4 is 11.1 Å². The topological polar surface area (TPSA) is 59.6 Å². The molecule has 1 aromatic rings. The number of hydrogen-bond acceptors (Lipinski definition) is 2. The Balaban J connectivity index is 0.00000288. The first-order chi connectivity index (χ1) is 10.9. The Labute approximate surface area is 163 Å². The average molecular weight is 445 g/mol. The number of guanidine groups is 1. The molecule has 0 saturated heterocycles. The van der Waals surface area contributed by atoms with Crippen LogP contribution in [0.3, 0.4) is 0 Å². The van der Waals surface area contributed by atoms with Gasteiger partial charge in [-0.1, -0.05) is 43.5 Å². The Morgan fingerprint density at radius 1 is 1.21 bits per heavy atom. The lowest BCUT2D eigenvalue weighted by atomic mass is 9.96. The fraction of sp³-hybridized carbons (Fsp3) is 0.632. The molecule has 0 unspecified atom stereocenters. The minimum absolute atomic E-state index is 0. The van der Waals surface area contributed by atoms with Crippen LogP contribution in [0.25, 0.3) is 0 Å². The molecule has 3 N–H and O–H groups in total. The highest BCUT2D eigenvalue weighted by Crippen LogP contribution is 2.17. The molecule has 1 aliphatic rings. The monoisotopic (exact) mass is 445 g/mol. The predicted molar refractivity (Wildman–Crippen MR) is 112 cm³/mol. The van der Waals surface area contributed by atoms with E-state index in [2.05, 4.69) is 55.3 Å². The zero-order chi connectivity index (χ0) is 16.7. The van der Waals surface area contributed by atoms with E-state index in [1.54, 1.807) is 0 Å². The van der Waals surface area contributed by atoms with Gasteiger partial charge < -0.3 is 15.8 Å². The third-order valence-corrected chi connectivity index (χ3v) is 4.05. The van der Waals surface area contributed by atoms with Crippen molar-refractivity contribution in [3.05, 3.63) is 35.4 Å². The maximum absolute atomic E-state index is 6.02. The molecule has 0 atom stereocenters. The molecule has 1 aliphatic carbocycles. The quantitative estimate of drug-likeness (QED) is 0.402. The van der Waals surface area contributed by atoms with Crippen molar-refractivity contribution in [2.45, 2.75) is 77.7 Å². The van der Waals surface area contributed by atoms with Crippen molar-refractivity contribution in [3.63, 3.8) is 0 Å². The number of halogens is 1. The highest BCUT2D eigenvalue weighted by atomic mass is 127. The first-order valence-electron chi connectivity index (χ1n) is 8.70.